The van der Waals surface area contributed by atoms with Crippen LogP contribution in [-0.2, 0) is 0 Å². The second-order valence-corrected chi connectivity index (χ2v) is 5.45. The zero-order valence-corrected chi connectivity index (χ0v) is 11.0. The fraction of sp³-hybridized carbons (Fsp3) is 0.400. The Balaban J connectivity index is 1.96. The lowest BCUT2D eigenvalue weighted by atomic mass is 10.1. The van der Waals surface area contributed by atoms with Gasteiger partial charge in [-0.2, -0.15) is 0 Å². The number of aromatic nitrogens is 1. The Hall–Kier alpha value is -1.84. The van der Waals surface area contributed by atoms with E-state index in [0.717, 1.165) is 17.7 Å². The summed E-state index contributed by atoms with van der Waals surface area (Å²) in [6.45, 7) is 2.09. The van der Waals surface area contributed by atoms with Crippen LogP contribution >= 0.6 is 0 Å². The highest BCUT2D eigenvalue weighted by Crippen LogP contribution is 2.35. The molecule has 100 valence electrons. The van der Waals surface area contributed by atoms with Crippen molar-refractivity contribution in [2.45, 2.75) is 32.2 Å². The Labute approximate surface area is 112 Å². The minimum Gasteiger partial charge on any atom is -0.398 e. The predicted octanol–water partition coefficient (Wildman–Crippen LogP) is 3.56. The summed E-state index contributed by atoms with van der Waals surface area (Å²) >= 11 is 0. The molecule has 0 radical (unpaired) electrons. The van der Waals surface area contributed by atoms with Crippen molar-refractivity contribution >= 4 is 22.3 Å². The van der Waals surface area contributed by atoms with Crippen LogP contribution in [0, 0.1) is 11.7 Å². The molecule has 1 aromatic heterocycles. The minimum atomic E-state index is -0.327. The van der Waals surface area contributed by atoms with Gasteiger partial charge in [0.1, 0.15) is 0 Å². The van der Waals surface area contributed by atoms with Gasteiger partial charge in [-0.15, -0.1) is 0 Å². The first-order valence-electron chi connectivity index (χ1n) is 6.74. The quantitative estimate of drug-likeness (QED) is 0.825. The van der Waals surface area contributed by atoms with Gasteiger partial charge >= 0.3 is 0 Å². The van der Waals surface area contributed by atoms with Crippen LogP contribution in [0.25, 0.3) is 10.9 Å². The van der Waals surface area contributed by atoms with Crippen molar-refractivity contribution in [2.75, 3.05) is 11.1 Å². The van der Waals surface area contributed by atoms with E-state index in [0.29, 0.717) is 16.9 Å². The van der Waals surface area contributed by atoms with Crippen LogP contribution in [0.2, 0.25) is 0 Å². The van der Waals surface area contributed by atoms with Crippen molar-refractivity contribution in [1.29, 1.82) is 0 Å². The number of pyridine rings is 1. The molecule has 19 heavy (non-hydrogen) atoms. The lowest BCUT2D eigenvalue weighted by Gasteiger charge is -2.17. The van der Waals surface area contributed by atoms with Crippen molar-refractivity contribution in [3.8, 4) is 0 Å². The number of fused-ring (bicyclic) bond motifs is 1. The molecule has 0 bridgehead atoms. The largest absolute Gasteiger partial charge is 0.398 e. The molecular weight excluding hydrogens is 241 g/mol. The normalized spacial score (nSPS) is 16.5. The number of anilines is 2. The summed E-state index contributed by atoms with van der Waals surface area (Å²) in [7, 11) is 0. The second kappa shape index (κ2) is 4.68. The van der Waals surface area contributed by atoms with E-state index in [9.17, 15) is 4.39 Å². The van der Waals surface area contributed by atoms with Gasteiger partial charge in [0.05, 0.1) is 11.2 Å². The number of nitrogens with zero attached hydrogens (tertiary/aromatic N) is 1. The molecule has 1 atom stereocenters. The summed E-state index contributed by atoms with van der Waals surface area (Å²) in [4.78, 5) is 4.27. The first-order chi connectivity index (χ1) is 9.15. The summed E-state index contributed by atoms with van der Waals surface area (Å²) < 4.78 is 14.1. The Morgan fingerprint density at radius 2 is 2.32 bits per heavy atom. The van der Waals surface area contributed by atoms with Gasteiger partial charge in [-0.25, -0.2) is 4.39 Å². The Morgan fingerprint density at radius 1 is 1.53 bits per heavy atom. The fourth-order valence-corrected chi connectivity index (χ4v) is 2.53. The molecule has 0 spiro atoms. The maximum atomic E-state index is 14.1. The number of nitrogen functional groups attached to an aromatic ring is 1. The van der Waals surface area contributed by atoms with Crippen LogP contribution in [0.1, 0.15) is 26.2 Å². The van der Waals surface area contributed by atoms with E-state index in [1.807, 2.05) is 12.1 Å². The van der Waals surface area contributed by atoms with Crippen molar-refractivity contribution < 1.29 is 4.39 Å². The first kappa shape index (κ1) is 12.2. The molecule has 0 amide bonds. The molecule has 0 saturated heterocycles. The molecule has 4 heteroatoms. The van der Waals surface area contributed by atoms with E-state index >= 15 is 0 Å². The van der Waals surface area contributed by atoms with E-state index < -0.39 is 0 Å². The smallest absolute Gasteiger partial charge is 0.150 e. The molecular formula is C15H18FN3. The lowest BCUT2D eigenvalue weighted by molar-refractivity contribution is 0.612. The molecule has 1 saturated carbocycles. The first-order valence-corrected chi connectivity index (χ1v) is 6.74. The third-order valence-electron chi connectivity index (χ3n) is 3.65. The highest BCUT2D eigenvalue weighted by Gasteiger charge is 2.24. The van der Waals surface area contributed by atoms with E-state index in [2.05, 4.69) is 17.2 Å². The van der Waals surface area contributed by atoms with Crippen molar-refractivity contribution in [3.63, 3.8) is 0 Å². The predicted molar refractivity (Wildman–Crippen MR) is 76.5 cm³/mol. The number of benzene rings is 1. The fourth-order valence-electron chi connectivity index (χ4n) is 2.53. The molecule has 1 unspecified atom stereocenters. The molecule has 1 heterocycles. The summed E-state index contributed by atoms with van der Waals surface area (Å²) in [6.07, 6.45) is 5.35. The number of halogens is 1. The topological polar surface area (TPSA) is 50.9 Å². The van der Waals surface area contributed by atoms with Crippen molar-refractivity contribution in [3.05, 3.63) is 30.2 Å². The van der Waals surface area contributed by atoms with Gasteiger partial charge in [-0.3, -0.25) is 4.98 Å². The minimum absolute atomic E-state index is 0.246. The standard InChI is InChI=1S/C15H18FN3/c1-9(7-10-4-5-10)19-15-12(16)8-13(17)11-3-2-6-18-14(11)15/h2-3,6,8-10,19H,4-5,7,17H2,1H3. The maximum Gasteiger partial charge on any atom is 0.150 e. The third-order valence-corrected chi connectivity index (χ3v) is 3.65. The molecule has 0 aliphatic heterocycles. The Bertz CT molecular complexity index is 608. The molecule has 1 aliphatic rings. The number of hydrogen-bond acceptors (Lipinski definition) is 3. The number of nitrogens with one attached hydrogen (secondary N) is 1. The Kier molecular flexibility index (Phi) is 3.01. The van der Waals surface area contributed by atoms with Crippen LogP contribution < -0.4 is 11.1 Å². The average Bonchev–Trinajstić information content (AvgIpc) is 3.18. The third kappa shape index (κ3) is 2.48. The van der Waals surface area contributed by atoms with Gasteiger partial charge in [0, 0.05) is 23.3 Å². The van der Waals surface area contributed by atoms with Gasteiger partial charge in [0.15, 0.2) is 5.82 Å². The molecule has 1 aromatic carbocycles. The molecule has 3 N–H and O–H groups in total. The summed E-state index contributed by atoms with van der Waals surface area (Å²) in [5.74, 6) is 0.477. The van der Waals surface area contributed by atoms with Crippen LogP contribution in [0.3, 0.4) is 0 Å². The van der Waals surface area contributed by atoms with Crippen molar-refractivity contribution in [1.82, 2.24) is 4.98 Å². The highest BCUT2D eigenvalue weighted by molar-refractivity contribution is 5.98. The number of nitrogens with two attached hydrogens (primary N) is 1. The summed E-state index contributed by atoms with van der Waals surface area (Å²) in [6, 6.07) is 5.30. The van der Waals surface area contributed by atoms with E-state index in [1.54, 1.807) is 6.20 Å². The zero-order valence-electron chi connectivity index (χ0n) is 11.0. The second-order valence-electron chi connectivity index (χ2n) is 5.45. The number of rotatable bonds is 4. The van der Waals surface area contributed by atoms with Crippen LogP contribution in [-0.4, -0.2) is 11.0 Å². The van der Waals surface area contributed by atoms with Gasteiger partial charge in [-0.1, -0.05) is 12.8 Å². The molecule has 2 aromatic rings. The summed E-state index contributed by atoms with van der Waals surface area (Å²) in [5, 5.41) is 4.05. The molecule has 1 aliphatic carbocycles. The molecule has 3 rings (SSSR count). The van der Waals surface area contributed by atoms with Crippen LogP contribution in [0.4, 0.5) is 15.8 Å². The maximum absolute atomic E-state index is 14.1. The summed E-state index contributed by atoms with van der Waals surface area (Å²) in [5.41, 5.74) is 7.36. The monoisotopic (exact) mass is 259 g/mol. The zero-order chi connectivity index (χ0) is 13.4. The van der Waals surface area contributed by atoms with Gasteiger partial charge in [0.25, 0.3) is 0 Å². The van der Waals surface area contributed by atoms with Crippen molar-refractivity contribution in [2.24, 2.45) is 5.92 Å². The van der Waals surface area contributed by atoms with E-state index in [1.165, 1.54) is 18.9 Å². The van der Waals surface area contributed by atoms with Gasteiger partial charge < -0.3 is 11.1 Å². The highest BCUT2D eigenvalue weighted by atomic mass is 19.1. The van der Waals surface area contributed by atoms with Crippen LogP contribution in [0.15, 0.2) is 24.4 Å². The SMILES string of the molecule is CC(CC1CC1)Nc1c(F)cc(N)c2cccnc12. The molecule has 3 nitrogen and oxygen atoms in total. The number of hydrogen-bond donors (Lipinski definition) is 2. The average molecular weight is 259 g/mol. The van der Waals surface area contributed by atoms with E-state index in [-0.39, 0.29) is 11.9 Å². The van der Waals surface area contributed by atoms with Gasteiger partial charge in [-0.05, 0) is 37.5 Å². The van der Waals surface area contributed by atoms with Crippen LogP contribution in [0.5, 0.6) is 0 Å². The molecule has 1 fully saturated rings. The lowest BCUT2D eigenvalue weighted by Crippen LogP contribution is -2.17. The van der Waals surface area contributed by atoms with Gasteiger partial charge in [0.2, 0.25) is 0 Å². The Morgan fingerprint density at radius 3 is 3.05 bits per heavy atom. The van der Waals surface area contributed by atoms with E-state index in [4.69, 9.17) is 5.73 Å².